The van der Waals surface area contributed by atoms with E-state index in [1.807, 2.05) is 31.4 Å². The van der Waals surface area contributed by atoms with Crippen molar-refractivity contribution in [3.8, 4) is 5.75 Å². The third-order valence-electron chi connectivity index (χ3n) is 2.75. The summed E-state index contributed by atoms with van der Waals surface area (Å²) in [5.74, 6) is 0.0336. The molecule has 0 saturated heterocycles. The van der Waals surface area contributed by atoms with E-state index in [4.69, 9.17) is 10.5 Å². The Balaban J connectivity index is 2.65. The van der Waals surface area contributed by atoms with Crippen LogP contribution in [0.5, 0.6) is 5.75 Å². The Bertz CT molecular complexity index is 474. The van der Waals surface area contributed by atoms with Crippen LogP contribution in [0.15, 0.2) is 18.2 Å². The summed E-state index contributed by atoms with van der Waals surface area (Å²) in [6, 6.07) is 5.07. The second-order valence-electron chi connectivity index (χ2n) is 4.24. The summed E-state index contributed by atoms with van der Waals surface area (Å²) in [5, 5.41) is 5.08. The number of amides is 3. The average molecular weight is 265 g/mol. The maximum Gasteiger partial charge on any atom is 0.318 e. The van der Waals surface area contributed by atoms with Gasteiger partial charge in [0.25, 0.3) is 5.91 Å². The van der Waals surface area contributed by atoms with Crippen LogP contribution in [0.25, 0.3) is 0 Å². The SMILES string of the molecule is CNC(C)c1ccc(OCC(=O)NC(N)=O)c(C)c1. The van der Waals surface area contributed by atoms with E-state index < -0.39 is 11.9 Å². The molecule has 104 valence electrons. The Morgan fingerprint density at radius 3 is 2.63 bits per heavy atom. The van der Waals surface area contributed by atoms with Gasteiger partial charge in [-0.2, -0.15) is 0 Å². The number of hydrogen-bond acceptors (Lipinski definition) is 4. The molecule has 1 rings (SSSR count). The lowest BCUT2D eigenvalue weighted by Gasteiger charge is -2.14. The van der Waals surface area contributed by atoms with Gasteiger partial charge >= 0.3 is 6.03 Å². The van der Waals surface area contributed by atoms with Crippen LogP contribution < -0.4 is 21.1 Å². The summed E-state index contributed by atoms with van der Waals surface area (Å²) >= 11 is 0. The molecule has 0 fully saturated rings. The van der Waals surface area contributed by atoms with E-state index in [0.29, 0.717) is 5.75 Å². The van der Waals surface area contributed by atoms with Crippen molar-refractivity contribution in [2.24, 2.45) is 5.73 Å². The van der Waals surface area contributed by atoms with Crippen molar-refractivity contribution >= 4 is 11.9 Å². The minimum atomic E-state index is -0.886. The molecule has 3 amide bonds. The monoisotopic (exact) mass is 265 g/mol. The molecule has 1 aromatic rings. The molecule has 0 aliphatic heterocycles. The van der Waals surface area contributed by atoms with Gasteiger partial charge in [0.15, 0.2) is 6.61 Å². The lowest BCUT2D eigenvalue weighted by molar-refractivity contribution is -0.121. The zero-order chi connectivity index (χ0) is 14.4. The van der Waals surface area contributed by atoms with Gasteiger partial charge in [-0.05, 0) is 38.1 Å². The smallest absolute Gasteiger partial charge is 0.318 e. The fourth-order valence-corrected chi connectivity index (χ4v) is 1.59. The van der Waals surface area contributed by atoms with E-state index in [0.717, 1.165) is 11.1 Å². The quantitative estimate of drug-likeness (QED) is 0.735. The molecule has 1 aromatic carbocycles. The molecule has 6 nitrogen and oxygen atoms in total. The van der Waals surface area contributed by atoms with Gasteiger partial charge in [0.05, 0.1) is 0 Å². The molecule has 0 spiro atoms. The molecule has 0 aliphatic rings. The van der Waals surface area contributed by atoms with Crippen LogP contribution in [0.4, 0.5) is 4.79 Å². The highest BCUT2D eigenvalue weighted by Gasteiger charge is 2.09. The van der Waals surface area contributed by atoms with E-state index >= 15 is 0 Å². The summed E-state index contributed by atoms with van der Waals surface area (Å²) in [6.07, 6.45) is 0. The molecule has 6 heteroatoms. The third kappa shape index (κ3) is 4.59. The van der Waals surface area contributed by atoms with Gasteiger partial charge < -0.3 is 15.8 Å². The van der Waals surface area contributed by atoms with Crippen molar-refractivity contribution in [1.82, 2.24) is 10.6 Å². The zero-order valence-electron chi connectivity index (χ0n) is 11.3. The average Bonchev–Trinajstić information content (AvgIpc) is 2.35. The molecule has 4 N–H and O–H groups in total. The number of hydrogen-bond donors (Lipinski definition) is 3. The summed E-state index contributed by atoms with van der Waals surface area (Å²) in [7, 11) is 1.89. The first kappa shape index (κ1) is 15.0. The predicted molar refractivity (Wildman–Crippen MR) is 71.9 cm³/mol. The van der Waals surface area contributed by atoms with Crippen molar-refractivity contribution < 1.29 is 14.3 Å². The Hall–Kier alpha value is -2.08. The van der Waals surface area contributed by atoms with Crippen molar-refractivity contribution in [2.45, 2.75) is 19.9 Å². The Morgan fingerprint density at radius 2 is 2.11 bits per heavy atom. The van der Waals surface area contributed by atoms with Gasteiger partial charge in [0, 0.05) is 6.04 Å². The molecule has 0 aromatic heterocycles. The molecule has 1 atom stereocenters. The fraction of sp³-hybridized carbons (Fsp3) is 0.385. The number of benzene rings is 1. The first-order chi connectivity index (χ1) is 8.93. The maximum atomic E-state index is 11.2. The highest BCUT2D eigenvalue weighted by molar-refractivity contribution is 5.94. The molecule has 0 saturated carbocycles. The molecule has 0 heterocycles. The van der Waals surface area contributed by atoms with Crippen LogP contribution in [-0.4, -0.2) is 25.6 Å². The number of aryl methyl sites for hydroxylation is 1. The summed E-state index contributed by atoms with van der Waals surface area (Å²) in [4.78, 5) is 21.7. The van der Waals surface area contributed by atoms with E-state index in [9.17, 15) is 9.59 Å². The first-order valence-electron chi connectivity index (χ1n) is 5.94. The van der Waals surface area contributed by atoms with Crippen molar-refractivity contribution in [3.05, 3.63) is 29.3 Å². The van der Waals surface area contributed by atoms with E-state index in [-0.39, 0.29) is 12.6 Å². The van der Waals surface area contributed by atoms with E-state index in [2.05, 4.69) is 12.2 Å². The van der Waals surface area contributed by atoms with Gasteiger partial charge in [-0.3, -0.25) is 10.1 Å². The van der Waals surface area contributed by atoms with Crippen molar-refractivity contribution in [1.29, 1.82) is 0 Å². The van der Waals surface area contributed by atoms with Gasteiger partial charge in [-0.25, -0.2) is 4.79 Å². The first-order valence-corrected chi connectivity index (χ1v) is 5.94. The van der Waals surface area contributed by atoms with Crippen LogP contribution in [0.3, 0.4) is 0 Å². The van der Waals surface area contributed by atoms with Gasteiger partial charge in [-0.15, -0.1) is 0 Å². The van der Waals surface area contributed by atoms with Crippen LogP contribution >= 0.6 is 0 Å². The lowest BCUT2D eigenvalue weighted by Crippen LogP contribution is -2.38. The number of nitrogens with two attached hydrogens (primary N) is 1. The van der Waals surface area contributed by atoms with Crippen LogP contribution in [-0.2, 0) is 4.79 Å². The minimum absolute atomic E-state index is 0.242. The normalized spacial score (nSPS) is 11.7. The lowest BCUT2D eigenvalue weighted by atomic mass is 10.1. The number of imide groups is 1. The molecule has 0 aliphatic carbocycles. The highest BCUT2D eigenvalue weighted by Crippen LogP contribution is 2.22. The van der Waals surface area contributed by atoms with Gasteiger partial charge in [0.2, 0.25) is 0 Å². The van der Waals surface area contributed by atoms with Gasteiger partial charge in [0.1, 0.15) is 5.75 Å². The topological polar surface area (TPSA) is 93.4 Å². The molecule has 19 heavy (non-hydrogen) atoms. The summed E-state index contributed by atoms with van der Waals surface area (Å²) in [5.41, 5.74) is 6.88. The Labute approximate surface area is 112 Å². The standard InChI is InChI=1S/C13H19N3O3/c1-8-6-10(9(2)15-3)4-5-11(8)19-7-12(17)16-13(14)18/h4-6,9,15H,7H2,1-3H3,(H3,14,16,17,18). The van der Waals surface area contributed by atoms with Crippen LogP contribution in [0.1, 0.15) is 24.1 Å². The zero-order valence-corrected chi connectivity index (χ0v) is 11.3. The highest BCUT2D eigenvalue weighted by atomic mass is 16.5. The fourth-order valence-electron chi connectivity index (χ4n) is 1.59. The maximum absolute atomic E-state index is 11.2. The summed E-state index contributed by atoms with van der Waals surface area (Å²) < 4.78 is 5.33. The molecule has 1 unspecified atom stereocenters. The largest absolute Gasteiger partial charge is 0.483 e. The van der Waals surface area contributed by atoms with Crippen molar-refractivity contribution in [3.63, 3.8) is 0 Å². The second kappa shape index (κ2) is 6.75. The second-order valence-corrected chi connectivity index (χ2v) is 4.24. The predicted octanol–water partition coefficient (Wildman–Crippen LogP) is 0.849. The number of nitrogens with one attached hydrogen (secondary N) is 2. The number of carbonyl (C=O) groups excluding carboxylic acids is 2. The number of carbonyl (C=O) groups is 2. The van der Waals surface area contributed by atoms with Crippen molar-refractivity contribution in [2.75, 3.05) is 13.7 Å². The number of ether oxygens (including phenoxy) is 1. The van der Waals surface area contributed by atoms with Gasteiger partial charge in [-0.1, -0.05) is 12.1 Å². The van der Waals surface area contributed by atoms with Crippen LogP contribution in [0, 0.1) is 6.92 Å². The molecule has 0 radical (unpaired) electrons. The van der Waals surface area contributed by atoms with Crippen LogP contribution in [0.2, 0.25) is 0 Å². The molecular formula is C13H19N3O3. The molecular weight excluding hydrogens is 246 g/mol. The Morgan fingerprint density at radius 1 is 1.42 bits per heavy atom. The molecule has 0 bridgehead atoms. The van der Waals surface area contributed by atoms with E-state index in [1.165, 1.54) is 0 Å². The minimum Gasteiger partial charge on any atom is -0.483 e. The Kier molecular flexibility index (Phi) is 5.32. The summed E-state index contributed by atoms with van der Waals surface area (Å²) in [6.45, 7) is 3.70. The number of urea groups is 1. The number of rotatable bonds is 5. The van der Waals surface area contributed by atoms with E-state index in [1.54, 1.807) is 6.07 Å². The number of primary amides is 1. The third-order valence-corrected chi connectivity index (χ3v) is 2.75.